The van der Waals surface area contributed by atoms with Gasteiger partial charge in [0.2, 0.25) is 0 Å². The second-order valence-corrected chi connectivity index (χ2v) is 4.91. The Balaban J connectivity index is 2.09. The van der Waals surface area contributed by atoms with Gasteiger partial charge in [-0.15, -0.1) is 0 Å². The van der Waals surface area contributed by atoms with Crippen LogP contribution in [-0.2, 0) is 11.2 Å². The maximum Gasteiger partial charge on any atom is 0.304 e. The summed E-state index contributed by atoms with van der Waals surface area (Å²) >= 11 is 0. The molecule has 0 heterocycles. The molecular formula is C18H18O3. The number of hydrogen-bond acceptors (Lipinski definition) is 2. The summed E-state index contributed by atoms with van der Waals surface area (Å²) in [5, 5.41) is 18.3. The fourth-order valence-electron chi connectivity index (χ4n) is 2.19. The van der Waals surface area contributed by atoms with Gasteiger partial charge in [0.1, 0.15) is 5.75 Å². The largest absolute Gasteiger partial charge is 0.508 e. The van der Waals surface area contributed by atoms with E-state index in [9.17, 15) is 9.90 Å². The molecule has 0 aliphatic heterocycles. The smallest absolute Gasteiger partial charge is 0.304 e. The van der Waals surface area contributed by atoms with E-state index < -0.39 is 5.97 Å². The first kappa shape index (κ1) is 14.9. The van der Waals surface area contributed by atoms with Gasteiger partial charge in [-0.05, 0) is 29.7 Å². The molecule has 2 rings (SSSR count). The van der Waals surface area contributed by atoms with Crippen molar-refractivity contribution < 1.29 is 15.0 Å². The lowest BCUT2D eigenvalue weighted by Crippen LogP contribution is -2.04. The molecule has 0 amide bonds. The van der Waals surface area contributed by atoms with Gasteiger partial charge in [0.15, 0.2) is 0 Å². The molecule has 0 aliphatic rings. The topological polar surface area (TPSA) is 57.5 Å². The van der Waals surface area contributed by atoms with Crippen LogP contribution in [0.1, 0.15) is 23.5 Å². The fraction of sp³-hybridized carbons (Fsp3) is 0.167. The molecule has 0 bridgehead atoms. The summed E-state index contributed by atoms with van der Waals surface area (Å²) in [6, 6.07) is 16.7. The summed E-state index contributed by atoms with van der Waals surface area (Å²) in [4.78, 5) is 11.0. The second kappa shape index (κ2) is 7.29. The fourth-order valence-corrected chi connectivity index (χ4v) is 2.19. The molecule has 0 fully saturated rings. The Hall–Kier alpha value is -2.55. The Labute approximate surface area is 124 Å². The zero-order valence-corrected chi connectivity index (χ0v) is 11.6. The van der Waals surface area contributed by atoms with Gasteiger partial charge < -0.3 is 10.2 Å². The van der Waals surface area contributed by atoms with Crippen LogP contribution in [0.4, 0.5) is 0 Å². The highest BCUT2D eigenvalue weighted by atomic mass is 16.4. The van der Waals surface area contributed by atoms with Crippen LogP contribution in [0.2, 0.25) is 0 Å². The summed E-state index contributed by atoms with van der Waals surface area (Å²) in [6.07, 6.45) is 4.73. The Morgan fingerprint density at radius 3 is 2.33 bits per heavy atom. The van der Waals surface area contributed by atoms with E-state index in [1.807, 2.05) is 42.5 Å². The Kier molecular flexibility index (Phi) is 5.16. The number of benzene rings is 2. The number of aliphatic carboxylic acids is 1. The van der Waals surface area contributed by atoms with Gasteiger partial charge in [0, 0.05) is 5.92 Å². The molecule has 2 aromatic carbocycles. The minimum atomic E-state index is -0.836. The molecule has 0 aromatic heterocycles. The van der Waals surface area contributed by atoms with E-state index in [0.717, 1.165) is 12.0 Å². The molecule has 1 atom stereocenters. The third-order valence-corrected chi connectivity index (χ3v) is 3.28. The predicted molar refractivity (Wildman–Crippen MR) is 82.4 cm³/mol. The van der Waals surface area contributed by atoms with Crippen LogP contribution < -0.4 is 0 Å². The summed E-state index contributed by atoms with van der Waals surface area (Å²) < 4.78 is 0. The number of carboxylic acid groups (broad SMARTS) is 1. The van der Waals surface area contributed by atoms with Crippen molar-refractivity contribution in [2.45, 2.75) is 18.8 Å². The third-order valence-electron chi connectivity index (χ3n) is 3.28. The van der Waals surface area contributed by atoms with E-state index in [1.165, 1.54) is 5.56 Å². The zero-order valence-electron chi connectivity index (χ0n) is 11.6. The van der Waals surface area contributed by atoms with Gasteiger partial charge in [-0.3, -0.25) is 4.79 Å². The monoisotopic (exact) mass is 282 g/mol. The van der Waals surface area contributed by atoms with E-state index >= 15 is 0 Å². The number of allylic oxidation sites excluding steroid dienone is 2. The van der Waals surface area contributed by atoms with Crippen molar-refractivity contribution in [3.05, 3.63) is 77.9 Å². The Morgan fingerprint density at radius 1 is 1.05 bits per heavy atom. The first-order valence-electron chi connectivity index (χ1n) is 6.86. The minimum absolute atomic E-state index is 0.0378. The molecule has 0 saturated heterocycles. The first-order valence-corrected chi connectivity index (χ1v) is 6.86. The summed E-state index contributed by atoms with van der Waals surface area (Å²) in [5.41, 5.74) is 2.08. The lowest BCUT2D eigenvalue weighted by atomic mass is 9.94. The Bertz CT molecular complexity index is 600. The molecule has 2 aromatic rings. The van der Waals surface area contributed by atoms with E-state index in [0.29, 0.717) is 0 Å². The summed E-state index contributed by atoms with van der Waals surface area (Å²) in [5.74, 6) is -0.842. The van der Waals surface area contributed by atoms with E-state index in [1.54, 1.807) is 24.3 Å². The molecule has 0 saturated carbocycles. The van der Waals surface area contributed by atoms with Gasteiger partial charge in [-0.2, -0.15) is 0 Å². The van der Waals surface area contributed by atoms with Crippen molar-refractivity contribution in [2.24, 2.45) is 0 Å². The van der Waals surface area contributed by atoms with Crippen LogP contribution in [0, 0.1) is 0 Å². The third kappa shape index (κ3) is 4.80. The maximum absolute atomic E-state index is 11.0. The Morgan fingerprint density at radius 2 is 1.71 bits per heavy atom. The van der Waals surface area contributed by atoms with Gasteiger partial charge in [0.25, 0.3) is 0 Å². The van der Waals surface area contributed by atoms with Crippen molar-refractivity contribution in [1.82, 2.24) is 0 Å². The van der Waals surface area contributed by atoms with Crippen LogP contribution in [0.5, 0.6) is 5.75 Å². The predicted octanol–water partition coefficient (Wildman–Crippen LogP) is 3.75. The number of hydrogen-bond donors (Lipinski definition) is 2. The minimum Gasteiger partial charge on any atom is -0.508 e. The highest BCUT2D eigenvalue weighted by molar-refractivity contribution is 5.68. The van der Waals surface area contributed by atoms with E-state index in [2.05, 4.69) is 0 Å². The SMILES string of the molecule is O=C(O)CC(/C=C/Cc1ccccc1)c1ccc(O)cc1. The number of phenolic OH excluding ortho intramolecular Hbond substituents is 1. The molecule has 0 radical (unpaired) electrons. The number of phenols is 1. The van der Waals surface area contributed by atoms with E-state index in [4.69, 9.17) is 5.11 Å². The van der Waals surface area contributed by atoms with Crippen molar-refractivity contribution >= 4 is 5.97 Å². The van der Waals surface area contributed by atoms with E-state index in [-0.39, 0.29) is 18.1 Å². The lowest BCUT2D eigenvalue weighted by Gasteiger charge is -2.11. The normalized spacial score (nSPS) is 12.4. The molecule has 3 heteroatoms. The molecule has 0 aliphatic carbocycles. The van der Waals surface area contributed by atoms with Gasteiger partial charge in [0.05, 0.1) is 6.42 Å². The van der Waals surface area contributed by atoms with Crippen molar-refractivity contribution in [3.63, 3.8) is 0 Å². The van der Waals surface area contributed by atoms with Crippen molar-refractivity contribution in [1.29, 1.82) is 0 Å². The lowest BCUT2D eigenvalue weighted by molar-refractivity contribution is -0.137. The molecular weight excluding hydrogens is 264 g/mol. The average Bonchev–Trinajstić information content (AvgIpc) is 2.48. The number of carboxylic acids is 1. The van der Waals surface area contributed by atoms with Gasteiger partial charge in [-0.1, -0.05) is 54.6 Å². The van der Waals surface area contributed by atoms with Crippen molar-refractivity contribution in [2.75, 3.05) is 0 Å². The van der Waals surface area contributed by atoms with Gasteiger partial charge >= 0.3 is 5.97 Å². The second-order valence-electron chi connectivity index (χ2n) is 4.91. The molecule has 108 valence electrons. The van der Waals surface area contributed by atoms with Crippen LogP contribution in [0.25, 0.3) is 0 Å². The quantitative estimate of drug-likeness (QED) is 0.793. The average molecular weight is 282 g/mol. The standard InChI is InChI=1S/C18H18O3/c19-17-11-9-15(10-12-17)16(13-18(20)21)8-4-7-14-5-2-1-3-6-14/h1-6,8-12,16,19H,7,13H2,(H,20,21)/b8-4+. The van der Waals surface area contributed by atoms with Gasteiger partial charge in [-0.25, -0.2) is 0 Å². The van der Waals surface area contributed by atoms with Crippen LogP contribution in [0.15, 0.2) is 66.7 Å². The molecule has 2 N–H and O–H groups in total. The van der Waals surface area contributed by atoms with Crippen LogP contribution in [0.3, 0.4) is 0 Å². The summed E-state index contributed by atoms with van der Waals surface area (Å²) in [7, 11) is 0. The zero-order chi connectivity index (χ0) is 15.1. The van der Waals surface area contributed by atoms with Crippen molar-refractivity contribution in [3.8, 4) is 5.75 Å². The highest BCUT2D eigenvalue weighted by Gasteiger charge is 2.12. The first-order chi connectivity index (χ1) is 10.1. The number of carbonyl (C=O) groups is 1. The maximum atomic E-state index is 11.0. The van der Waals surface area contributed by atoms with Crippen LogP contribution >= 0.6 is 0 Å². The molecule has 0 spiro atoms. The number of aromatic hydroxyl groups is 1. The number of rotatable bonds is 6. The van der Waals surface area contributed by atoms with Crippen LogP contribution in [-0.4, -0.2) is 16.2 Å². The molecule has 21 heavy (non-hydrogen) atoms. The molecule has 3 nitrogen and oxygen atoms in total. The summed E-state index contributed by atoms with van der Waals surface area (Å²) in [6.45, 7) is 0. The molecule has 1 unspecified atom stereocenters. The highest BCUT2D eigenvalue weighted by Crippen LogP contribution is 2.23.